The second kappa shape index (κ2) is 13.9. The summed E-state index contributed by atoms with van der Waals surface area (Å²) < 4.78 is 0. The van der Waals surface area contributed by atoms with Gasteiger partial charge in [0.2, 0.25) is 0 Å². The van der Waals surface area contributed by atoms with E-state index in [2.05, 4.69) is 120 Å². The summed E-state index contributed by atoms with van der Waals surface area (Å²) in [5.41, 5.74) is 5.68. The number of hydrogen-bond donors (Lipinski definition) is 2. The fraction of sp³-hybridized carbons (Fsp3) is 0.278. The lowest BCUT2D eigenvalue weighted by atomic mass is 10.0. The molecule has 0 spiro atoms. The number of rotatable bonds is 14. The maximum absolute atomic E-state index is 3.64. The molecule has 0 aliphatic carbocycles. The molecule has 0 aromatic heterocycles. The van der Waals surface area contributed by atoms with Crippen LogP contribution in [0.1, 0.15) is 47.9 Å². The highest BCUT2D eigenvalue weighted by atomic mass is 14.9. The fourth-order valence-corrected chi connectivity index (χ4v) is 5.47. The lowest BCUT2D eigenvalue weighted by Gasteiger charge is -2.10. The molecule has 38 heavy (non-hydrogen) atoms. The molecule has 0 aliphatic heterocycles. The SMILES string of the molecule is c1cc(CNCCCCc2cccc3ccccc23)cc(CNCCCCc2cccc3ccccc23)c1. The highest BCUT2D eigenvalue weighted by molar-refractivity contribution is 5.86. The Labute approximate surface area is 228 Å². The van der Waals surface area contributed by atoms with Gasteiger partial charge in [-0.25, -0.2) is 0 Å². The van der Waals surface area contributed by atoms with Crippen LogP contribution in [0.15, 0.2) is 109 Å². The largest absolute Gasteiger partial charge is 0.313 e. The van der Waals surface area contributed by atoms with Crippen LogP contribution in [-0.4, -0.2) is 13.1 Å². The molecule has 0 radical (unpaired) electrons. The summed E-state index contributed by atoms with van der Waals surface area (Å²) in [5, 5.41) is 12.8. The van der Waals surface area contributed by atoms with Gasteiger partial charge in [0, 0.05) is 13.1 Å². The molecule has 0 saturated heterocycles. The molecule has 2 heteroatoms. The molecular formula is C36H40N2. The van der Waals surface area contributed by atoms with Crippen molar-refractivity contribution >= 4 is 21.5 Å². The zero-order valence-corrected chi connectivity index (χ0v) is 22.5. The number of aryl methyl sites for hydroxylation is 2. The number of nitrogens with one attached hydrogen (secondary N) is 2. The Morgan fingerprint density at radius 2 is 0.868 bits per heavy atom. The molecule has 0 heterocycles. The van der Waals surface area contributed by atoms with Crippen LogP contribution in [0, 0.1) is 0 Å². The highest BCUT2D eigenvalue weighted by Gasteiger charge is 2.02. The molecule has 0 fully saturated rings. The average molecular weight is 501 g/mol. The zero-order chi connectivity index (χ0) is 25.8. The van der Waals surface area contributed by atoms with E-state index in [-0.39, 0.29) is 0 Å². The van der Waals surface area contributed by atoms with Gasteiger partial charge >= 0.3 is 0 Å². The van der Waals surface area contributed by atoms with Crippen molar-refractivity contribution in [3.63, 3.8) is 0 Å². The van der Waals surface area contributed by atoms with Gasteiger partial charge in [-0.15, -0.1) is 0 Å². The minimum atomic E-state index is 0.938. The number of benzene rings is 5. The molecule has 0 atom stereocenters. The average Bonchev–Trinajstić information content (AvgIpc) is 2.97. The van der Waals surface area contributed by atoms with Gasteiger partial charge in [-0.05, 0) is 95.4 Å². The van der Waals surface area contributed by atoms with E-state index in [0.717, 1.165) is 39.0 Å². The van der Waals surface area contributed by atoms with Crippen molar-refractivity contribution in [1.82, 2.24) is 10.6 Å². The minimum Gasteiger partial charge on any atom is -0.313 e. The molecule has 0 aliphatic rings. The van der Waals surface area contributed by atoms with Crippen LogP contribution in [0.25, 0.3) is 21.5 Å². The Morgan fingerprint density at radius 3 is 1.39 bits per heavy atom. The Hall–Kier alpha value is -3.46. The van der Waals surface area contributed by atoms with Crippen molar-refractivity contribution in [3.8, 4) is 0 Å². The monoisotopic (exact) mass is 500 g/mol. The molecule has 0 amide bonds. The van der Waals surface area contributed by atoms with E-state index < -0.39 is 0 Å². The maximum atomic E-state index is 3.64. The van der Waals surface area contributed by atoms with Gasteiger partial charge in [0.15, 0.2) is 0 Å². The van der Waals surface area contributed by atoms with Crippen LogP contribution < -0.4 is 10.6 Å². The van der Waals surface area contributed by atoms with Gasteiger partial charge in [0.1, 0.15) is 0 Å². The second-order valence-electron chi connectivity index (χ2n) is 10.4. The zero-order valence-electron chi connectivity index (χ0n) is 22.5. The first-order valence-corrected chi connectivity index (χ1v) is 14.3. The summed E-state index contributed by atoms with van der Waals surface area (Å²) in [6, 6.07) is 39.8. The number of hydrogen-bond acceptors (Lipinski definition) is 2. The Bertz CT molecular complexity index is 1320. The summed E-state index contributed by atoms with van der Waals surface area (Å²) in [7, 11) is 0. The number of unbranched alkanes of at least 4 members (excludes halogenated alkanes) is 2. The van der Waals surface area contributed by atoms with Crippen LogP contribution >= 0.6 is 0 Å². The lowest BCUT2D eigenvalue weighted by molar-refractivity contribution is 0.617. The third-order valence-corrected chi connectivity index (χ3v) is 7.51. The van der Waals surface area contributed by atoms with E-state index in [1.54, 1.807) is 0 Å². The first-order chi connectivity index (χ1) is 18.9. The van der Waals surface area contributed by atoms with Gasteiger partial charge in [0.25, 0.3) is 0 Å². The van der Waals surface area contributed by atoms with Gasteiger partial charge in [-0.2, -0.15) is 0 Å². The van der Waals surface area contributed by atoms with Crippen molar-refractivity contribution in [3.05, 3.63) is 131 Å². The van der Waals surface area contributed by atoms with Crippen molar-refractivity contribution in [1.29, 1.82) is 0 Å². The lowest BCUT2D eigenvalue weighted by Crippen LogP contribution is -2.17. The predicted octanol–water partition coefficient (Wildman–Crippen LogP) is 8.22. The van der Waals surface area contributed by atoms with Crippen molar-refractivity contribution in [2.24, 2.45) is 0 Å². The quantitative estimate of drug-likeness (QED) is 0.150. The molecule has 5 aromatic rings. The smallest absolute Gasteiger partial charge is 0.0205 e. The van der Waals surface area contributed by atoms with Crippen LogP contribution in [0.5, 0.6) is 0 Å². The second-order valence-corrected chi connectivity index (χ2v) is 10.4. The van der Waals surface area contributed by atoms with Gasteiger partial charge < -0.3 is 10.6 Å². The van der Waals surface area contributed by atoms with Gasteiger partial charge in [-0.3, -0.25) is 0 Å². The number of fused-ring (bicyclic) bond motifs is 2. The molecule has 5 aromatic carbocycles. The molecular weight excluding hydrogens is 460 g/mol. The van der Waals surface area contributed by atoms with E-state index in [4.69, 9.17) is 0 Å². The first kappa shape index (κ1) is 26.2. The molecule has 0 bridgehead atoms. The van der Waals surface area contributed by atoms with Crippen molar-refractivity contribution < 1.29 is 0 Å². The van der Waals surface area contributed by atoms with Gasteiger partial charge in [-0.1, -0.05) is 109 Å². The summed E-state index contributed by atoms with van der Waals surface area (Å²) >= 11 is 0. The highest BCUT2D eigenvalue weighted by Crippen LogP contribution is 2.21. The molecule has 2 nitrogen and oxygen atoms in total. The van der Waals surface area contributed by atoms with E-state index in [1.807, 2.05) is 0 Å². The topological polar surface area (TPSA) is 24.1 Å². The van der Waals surface area contributed by atoms with Gasteiger partial charge in [0.05, 0.1) is 0 Å². The van der Waals surface area contributed by atoms with E-state index in [9.17, 15) is 0 Å². The summed E-state index contributed by atoms with van der Waals surface area (Å²) in [6.45, 7) is 3.99. The molecule has 194 valence electrons. The van der Waals surface area contributed by atoms with E-state index >= 15 is 0 Å². The van der Waals surface area contributed by atoms with Crippen LogP contribution in [0.2, 0.25) is 0 Å². The summed E-state index contributed by atoms with van der Waals surface area (Å²) in [5.74, 6) is 0. The van der Waals surface area contributed by atoms with Crippen molar-refractivity contribution in [2.45, 2.75) is 51.6 Å². The minimum absolute atomic E-state index is 0.938. The van der Waals surface area contributed by atoms with Crippen LogP contribution in [-0.2, 0) is 25.9 Å². The first-order valence-electron chi connectivity index (χ1n) is 14.3. The predicted molar refractivity (Wildman–Crippen MR) is 164 cm³/mol. The normalized spacial score (nSPS) is 11.4. The maximum Gasteiger partial charge on any atom is 0.0205 e. The summed E-state index contributed by atoms with van der Waals surface area (Å²) in [4.78, 5) is 0. The molecule has 0 saturated carbocycles. The van der Waals surface area contributed by atoms with E-state index in [0.29, 0.717) is 0 Å². The third-order valence-electron chi connectivity index (χ3n) is 7.51. The fourth-order valence-electron chi connectivity index (χ4n) is 5.47. The van der Waals surface area contributed by atoms with Crippen LogP contribution in [0.4, 0.5) is 0 Å². The Kier molecular flexibility index (Phi) is 9.57. The molecule has 5 rings (SSSR count). The third kappa shape index (κ3) is 7.31. The van der Waals surface area contributed by atoms with E-state index in [1.165, 1.54) is 69.5 Å². The van der Waals surface area contributed by atoms with Crippen molar-refractivity contribution in [2.75, 3.05) is 13.1 Å². The summed E-state index contributed by atoms with van der Waals surface area (Å²) in [6.07, 6.45) is 7.11. The Balaban J connectivity index is 0.963. The Morgan fingerprint density at radius 1 is 0.421 bits per heavy atom. The molecule has 0 unspecified atom stereocenters. The standard InChI is InChI=1S/C36H40N2/c1-3-22-35-31(14-1)18-10-20-33(35)16-5-7-24-37-27-29-12-9-13-30(26-29)28-38-25-8-6-17-34-21-11-19-32-15-2-4-23-36(32)34/h1-4,9-15,18-23,26,37-38H,5-8,16-17,24-25,27-28H2. The molecule has 2 N–H and O–H groups in total. The van der Waals surface area contributed by atoms with Crippen LogP contribution in [0.3, 0.4) is 0 Å².